The highest BCUT2D eigenvalue weighted by molar-refractivity contribution is 5.92. The van der Waals surface area contributed by atoms with Gasteiger partial charge in [0.15, 0.2) is 6.61 Å². The summed E-state index contributed by atoms with van der Waals surface area (Å²) in [6.45, 7) is 4.05. The summed E-state index contributed by atoms with van der Waals surface area (Å²) in [6.07, 6.45) is 5.50. The molecule has 0 radical (unpaired) electrons. The van der Waals surface area contributed by atoms with Gasteiger partial charge in [0.2, 0.25) is 0 Å². The molecule has 4 heteroatoms. The third kappa shape index (κ3) is 4.16. The van der Waals surface area contributed by atoms with E-state index in [9.17, 15) is 9.59 Å². The molecule has 1 amide bonds. The molecule has 1 aromatic carbocycles. The first-order chi connectivity index (χ1) is 11.5. The Hall–Kier alpha value is -1.84. The van der Waals surface area contributed by atoms with Crippen molar-refractivity contribution in [2.24, 2.45) is 17.8 Å². The predicted octanol–water partition coefficient (Wildman–Crippen LogP) is 4.12. The zero-order chi connectivity index (χ0) is 17.1. The van der Waals surface area contributed by atoms with Gasteiger partial charge in [0, 0.05) is 12.1 Å². The third-order valence-corrected chi connectivity index (χ3v) is 5.54. The molecule has 2 bridgehead atoms. The SMILES string of the molecule is CC(C)c1ccc(NC(=O)COC(=O)C[C@H]2C[C@@H]3CC[C@@H]2C3)cc1. The Kier molecular flexibility index (Phi) is 5.22. The number of rotatable bonds is 6. The van der Waals surface area contributed by atoms with Crippen LogP contribution in [-0.4, -0.2) is 18.5 Å². The van der Waals surface area contributed by atoms with Crippen LogP contribution in [0.2, 0.25) is 0 Å². The molecule has 0 heterocycles. The number of fused-ring (bicyclic) bond motifs is 2. The van der Waals surface area contributed by atoms with Crippen molar-refractivity contribution < 1.29 is 14.3 Å². The van der Waals surface area contributed by atoms with E-state index in [1.54, 1.807) is 0 Å². The Morgan fingerprint density at radius 2 is 1.92 bits per heavy atom. The van der Waals surface area contributed by atoms with Crippen LogP contribution >= 0.6 is 0 Å². The van der Waals surface area contributed by atoms with Crippen LogP contribution in [0.4, 0.5) is 5.69 Å². The summed E-state index contributed by atoms with van der Waals surface area (Å²) in [7, 11) is 0. The van der Waals surface area contributed by atoms with Crippen LogP contribution in [0.15, 0.2) is 24.3 Å². The van der Waals surface area contributed by atoms with Crippen molar-refractivity contribution in [2.75, 3.05) is 11.9 Å². The summed E-state index contributed by atoms with van der Waals surface area (Å²) in [5, 5.41) is 2.77. The fourth-order valence-corrected chi connectivity index (χ4v) is 4.19. The van der Waals surface area contributed by atoms with Gasteiger partial charge >= 0.3 is 5.97 Å². The first-order valence-electron chi connectivity index (χ1n) is 9.06. The lowest BCUT2D eigenvalue weighted by molar-refractivity contribution is -0.148. The Bertz CT molecular complexity index is 593. The summed E-state index contributed by atoms with van der Waals surface area (Å²) in [6, 6.07) is 7.76. The normalized spacial score (nSPS) is 25.0. The van der Waals surface area contributed by atoms with Crippen molar-refractivity contribution in [1.29, 1.82) is 0 Å². The van der Waals surface area contributed by atoms with Crippen molar-refractivity contribution in [3.8, 4) is 0 Å². The molecule has 2 fully saturated rings. The summed E-state index contributed by atoms with van der Waals surface area (Å²) < 4.78 is 5.16. The minimum absolute atomic E-state index is 0.203. The number of hydrogen-bond donors (Lipinski definition) is 1. The molecule has 3 atom stereocenters. The summed E-state index contributed by atoms with van der Waals surface area (Å²) >= 11 is 0. The molecule has 1 aromatic rings. The maximum atomic E-state index is 11.9. The number of carbonyl (C=O) groups excluding carboxylic acids is 2. The van der Waals surface area contributed by atoms with E-state index in [-0.39, 0.29) is 18.5 Å². The van der Waals surface area contributed by atoms with E-state index in [1.807, 2.05) is 24.3 Å². The second-order valence-electron chi connectivity index (χ2n) is 7.62. The molecule has 0 spiro atoms. The molecule has 2 aliphatic carbocycles. The van der Waals surface area contributed by atoms with Crippen LogP contribution in [0.25, 0.3) is 0 Å². The molecule has 0 saturated heterocycles. The van der Waals surface area contributed by atoms with Gasteiger partial charge in [-0.05, 0) is 60.6 Å². The molecule has 3 rings (SSSR count). The highest BCUT2D eigenvalue weighted by atomic mass is 16.5. The van der Waals surface area contributed by atoms with Crippen molar-refractivity contribution in [3.63, 3.8) is 0 Å². The van der Waals surface area contributed by atoms with Crippen LogP contribution in [0.3, 0.4) is 0 Å². The second-order valence-corrected chi connectivity index (χ2v) is 7.62. The number of esters is 1. The van der Waals surface area contributed by atoms with Crippen molar-refractivity contribution in [3.05, 3.63) is 29.8 Å². The van der Waals surface area contributed by atoms with E-state index in [4.69, 9.17) is 4.74 Å². The van der Waals surface area contributed by atoms with E-state index in [1.165, 1.54) is 24.8 Å². The number of ether oxygens (including phenoxy) is 1. The van der Waals surface area contributed by atoms with Crippen LogP contribution in [0.1, 0.15) is 57.4 Å². The Morgan fingerprint density at radius 1 is 1.17 bits per heavy atom. The Morgan fingerprint density at radius 3 is 2.50 bits per heavy atom. The molecule has 1 N–H and O–H groups in total. The predicted molar refractivity (Wildman–Crippen MR) is 93.7 cm³/mol. The highest BCUT2D eigenvalue weighted by Crippen LogP contribution is 2.49. The lowest BCUT2D eigenvalue weighted by atomic mass is 9.86. The van der Waals surface area contributed by atoms with Crippen LogP contribution in [0, 0.1) is 17.8 Å². The molecule has 0 aromatic heterocycles. The van der Waals surface area contributed by atoms with Gasteiger partial charge in [-0.3, -0.25) is 9.59 Å². The third-order valence-electron chi connectivity index (χ3n) is 5.54. The highest BCUT2D eigenvalue weighted by Gasteiger charge is 2.40. The summed E-state index contributed by atoms with van der Waals surface area (Å²) in [4.78, 5) is 23.9. The lowest BCUT2D eigenvalue weighted by Crippen LogP contribution is -2.23. The standard InChI is InChI=1S/C20H27NO3/c1-13(2)15-5-7-18(8-6-15)21-19(22)12-24-20(23)11-17-10-14-3-4-16(17)9-14/h5-8,13-14,16-17H,3-4,9-12H2,1-2H3,(H,21,22)/t14-,16-,17-/m1/s1. The minimum atomic E-state index is -0.284. The molecular formula is C20H27NO3. The van der Waals surface area contributed by atoms with Gasteiger partial charge in [0.05, 0.1) is 0 Å². The number of amides is 1. The maximum Gasteiger partial charge on any atom is 0.306 e. The van der Waals surface area contributed by atoms with Gasteiger partial charge in [-0.2, -0.15) is 0 Å². The van der Waals surface area contributed by atoms with E-state index in [2.05, 4.69) is 19.2 Å². The lowest BCUT2D eigenvalue weighted by Gasteiger charge is -2.20. The Balaban J connectivity index is 1.39. The molecule has 0 aliphatic heterocycles. The second kappa shape index (κ2) is 7.37. The molecule has 2 saturated carbocycles. The van der Waals surface area contributed by atoms with Gasteiger partial charge in [-0.1, -0.05) is 32.4 Å². The van der Waals surface area contributed by atoms with Crippen molar-refractivity contribution in [2.45, 2.75) is 51.9 Å². The first-order valence-corrected chi connectivity index (χ1v) is 9.06. The number of hydrogen-bond acceptors (Lipinski definition) is 3. The van der Waals surface area contributed by atoms with Gasteiger partial charge in [0.25, 0.3) is 5.91 Å². The molecule has 24 heavy (non-hydrogen) atoms. The smallest absolute Gasteiger partial charge is 0.306 e. The number of benzene rings is 1. The number of nitrogens with one attached hydrogen (secondary N) is 1. The minimum Gasteiger partial charge on any atom is -0.456 e. The van der Waals surface area contributed by atoms with Crippen LogP contribution < -0.4 is 5.32 Å². The topological polar surface area (TPSA) is 55.4 Å². The summed E-state index contributed by atoms with van der Waals surface area (Å²) in [5.74, 6) is 1.94. The fraction of sp³-hybridized carbons (Fsp3) is 0.600. The average molecular weight is 329 g/mol. The van der Waals surface area contributed by atoms with Crippen LogP contribution in [-0.2, 0) is 14.3 Å². The summed E-state index contributed by atoms with van der Waals surface area (Å²) in [5.41, 5.74) is 1.96. The van der Waals surface area contributed by atoms with E-state index < -0.39 is 0 Å². The van der Waals surface area contributed by atoms with Gasteiger partial charge < -0.3 is 10.1 Å². The zero-order valence-corrected chi connectivity index (χ0v) is 14.6. The monoisotopic (exact) mass is 329 g/mol. The van der Waals surface area contributed by atoms with Gasteiger partial charge in [0.1, 0.15) is 0 Å². The molecule has 130 valence electrons. The molecular weight excluding hydrogens is 302 g/mol. The first kappa shape index (κ1) is 17.0. The van der Waals surface area contributed by atoms with Gasteiger partial charge in [-0.25, -0.2) is 0 Å². The van der Waals surface area contributed by atoms with E-state index in [0.29, 0.717) is 24.2 Å². The van der Waals surface area contributed by atoms with Crippen molar-refractivity contribution in [1.82, 2.24) is 0 Å². The largest absolute Gasteiger partial charge is 0.456 e. The number of anilines is 1. The average Bonchev–Trinajstić information content (AvgIpc) is 3.16. The molecule has 2 aliphatic rings. The van der Waals surface area contributed by atoms with Gasteiger partial charge in [-0.15, -0.1) is 0 Å². The quantitative estimate of drug-likeness (QED) is 0.799. The Labute approximate surface area is 144 Å². The molecule has 4 nitrogen and oxygen atoms in total. The van der Waals surface area contributed by atoms with Crippen molar-refractivity contribution >= 4 is 17.6 Å². The zero-order valence-electron chi connectivity index (χ0n) is 14.6. The van der Waals surface area contributed by atoms with Crippen LogP contribution in [0.5, 0.6) is 0 Å². The van der Waals surface area contributed by atoms with E-state index in [0.717, 1.165) is 18.0 Å². The number of carbonyl (C=O) groups is 2. The maximum absolute atomic E-state index is 11.9. The van der Waals surface area contributed by atoms with E-state index >= 15 is 0 Å². The molecule has 0 unspecified atom stereocenters. The fourth-order valence-electron chi connectivity index (χ4n) is 4.19.